The predicted molar refractivity (Wildman–Crippen MR) is 130 cm³/mol. The lowest BCUT2D eigenvalue weighted by atomic mass is 10.0. The van der Waals surface area contributed by atoms with Gasteiger partial charge in [0.25, 0.3) is 0 Å². The van der Waals surface area contributed by atoms with Gasteiger partial charge in [-0.05, 0) is 73.7 Å². The van der Waals surface area contributed by atoms with Crippen molar-refractivity contribution in [3.05, 3.63) is 113 Å². The molecule has 1 aliphatic heterocycles. The molecule has 2 aromatic heterocycles. The van der Waals surface area contributed by atoms with Crippen molar-refractivity contribution in [3.63, 3.8) is 0 Å². The Balaban J connectivity index is 1.67. The largest absolute Gasteiger partial charge is 0.351 e. The van der Waals surface area contributed by atoms with Crippen molar-refractivity contribution in [1.29, 1.82) is 0 Å². The smallest absolute Gasteiger partial charge is 0.174 e. The summed E-state index contributed by atoms with van der Waals surface area (Å²) in [5.41, 5.74) is 5.32. The van der Waals surface area contributed by atoms with Crippen LogP contribution in [0.3, 0.4) is 0 Å². The van der Waals surface area contributed by atoms with E-state index in [1.54, 1.807) is 0 Å². The molecule has 0 unspecified atom stereocenters. The normalized spacial score (nSPS) is 18.3. The summed E-state index contributed by atoms with van der Waals surface area (Å²) < 4.78 is 2.17. The Morgan fingerprint density at radius 2 is 1.77 bits per heavy atom. The number of hydrogen-bond donors (Lipinski definition) is 1. The summed E-state index contributed by atoms with van der Waals surface area (Å²) in [6, 6.07) is 26.3. The van der Waals surface area contributed by atoms with Gasteiger partial charge in [-0.2, -0.15) is 0 Å². The van der Waals surface area contributed by atoms with E-state index in [4.69, 9.17) is 23.8 Å². The third-order valence-electron chi connectivity index (χ3n) is 5.58. The zero-order valence-electron chi connectivity index (χ0n) is 16.9. The summed E-state index contributed by atoms with van der Waals surface area (Å²) in [6.07, 6.45) is 3.88. The number of pyridine rings is 1. The first-order valence-electron chi connectivity index (χ1n) is 10.1. The molecule has 4 nitrogen and oxygen atoms in total. The zero-order chi connectivity index (χ0) is 21.4. The van der Waals surface area contributed by atoms with E-state index < -0.39 is 0 Å². The van der Waals surface area contributed by atoms with Crippen LogP contribution in [0.15, 0.2) is 91.3 Å². The van der Waals surface area contributed by atoms with E-state index in [0.717, 1.165) is 22.8 Å². The molecule has 4 aromatic rings. The van der Waals surface area contributed by atoms with Gasteiger partial charge in [-0.15, -0.1) is 0 Å². The fourth-order valence-electron chi connectivity index (χ4n) is 4.14. The minimum atomic E-state index is -0.0946. The number of rotatable bonds is 4. The van der Waals surface area contributed by atoms with Gasteiger partial charge in [0.15, 0.2) is 5.11 Å². The van der Waals surface area contributed by atoms with Crippen LogP contribution < -0.4 is 10.2 Å². The monoisotopic (exact) mass is 444 g/mol. The first kappa shape index (κ1) is 19.8. The van der Waals surface area contributed by atoms with Crippen LogP contribution >= 0.6 is 23.8 Å². The minimum absolute atomic E-state index is 0.0842. The van der Waals surface area contributed by atoms with Crippen LogP contribution in [-0.4, -0.2) is 14.7 Å². The lowest BCUT2D eigenvalue weighted by Crippen LogP contribution is -2.30. The number of thiocarbonyl (C=S) groups is 1. The fourth-order valence-corrected chi connectivity index (χ4v) is 4.67. The predicted octanol–water partition coefficient (Wildman–Crippen LogP) is 6.01. The van der Waals surface area contributed by atoms with E-state index in [1.165, 1.54) is 5.56 Å². The van der Waals surface area contributed by atoms with Crippen molar-refractivity contribution in [2.24, 2.45) is 0 Å². The van der Waals surface area contributed by atoms with Gasteiger partial charge in [-0.1, -0.05) is 41.4 Å². The van der Waals surface area contributed by atoms with Crippen LogP contribution in [0.5, 0.6) is 0 Å². The van der Waals surface area contributed by atoms with Gasteiger partial charge in [-0.3, -0.25) is 4.98 Å². The number of aryl methyl sites for hydroxylation is 1. The lowest BCUT2D eigenvalue weighted by Gasteiger charge is -2.29. The Labute approximate surface area is 192 Å². The number of nitrogens with one attached hydrogen (secondary N) is 1. The standard InChI is InChI=1S/C25H21ClN4S/c1-17-10-12-19(13-11-17)30-24(23(28-25(30)31)21-8-2-3-14-27-21)22-9-5-15-29(22)20-7-4-6-18(26)16-20/h2-16,23-24H,1H3,(H,28,31)/t23-,24+/m1/s1. The van der Waals surface area contributed by atoms with Gasteiger partial charge in [-0.25, -0.2) is 0 Å². The Kier molecular flexibility index (Phi) is 5.22. The number of nitrogens with zero attached hydrogens (tertiary/aromatic N) is 3. The Morgan fingerprint density at radius 3 is 2.52 bits per heavy atom. The molecule has 2 aromatic carbocycles. The maximum absolute atomic E-state index is 6.29. The molecule has 0 bridgehead atoms. The molecule has 154 valence electrons. The first-order chi connectivity index (χ1) is 15.1. The third-order valence-corrected chi connectivity index (χ3v) is 6.13. The highest BCUT2D eigenvalue weighted by Gasteiger charge is 2.42. The van der Waals surface area contributed by atoms with E-state index in [2.05, 4.69) is 75.4 Å². The fraction of sp³-hybridized carbons (Fsp3) is 0.120. The Morgan fingerprint density at radius 1 is 0.935 bits per heavy atom. The molecule has 0 aliphatic carbocycles. The summed E-state index contributed by atoms with van der Waals surface area (Å²) in [4.78, 5) is 6.82. The van der Waals surface area contributed by atoms with Gasteiger partial charge in [0, 0.05) is 34.5 Å². The van der Waals surface area contributed by atoms with Crippen LogP contribution in [0.4, 0.5) is 5.69 Å². The Hall–Kier alpha value is -3.15. The van der Waals surface area contributed by atoms with E-state index >= 15 is 0 Å². The van der Waals surface area contributed by atoms with Gasteiger partial charge in [0.1, 0.15) is 6.04 Å². The lowest BCUT2D eigenvalue weighted by molar-refractivity contribution is 0.549. The van der Waals surface area contributed by atoms with Crippen molar-refractivity contribution in [1.82, 2.24) is 14.9 Å². The minimum Gasteiger partial charge on any atom is -0.351 e. The third kappa shape index (κ3) is 3.71. The van der Waals surface area contributed by atoms with Crippen LogP contribution in [-0.2, 0) is 0 Å². The molecule has 1 aliphatic rings. The van der Waals surface area contributed by atoms with E-state index in [1.807, 2.05) is 42.6 Å². The molecule has 2 atom stereocenters. The van der Waals surface area contributed by atoms with Crippen molar-refractivity contribution >= 4 is 34.6 Å². The molecular formula is C25H21ClN4S. The topological polar surface area (TPSA) is 33.1 Å². The second kappa shape index (κ2) is 8.17. The number of benzene rings is 2. The second-order valence-electron chi connectivity index (χ2n) is 7.62. The van der Waals surface area contributed by atoms with Gasteiger partial charge in [0.2, 0.25) is 0 Å². The zero-order valence-corrected chi connectivity index (χ0v) is 18.5. The molecule has 0 radical (unpaired) electrons. The average molecular weight is 445 g/mol. The molecule has 1 saturated heterocycles. The quantitative estimate of drug-likeness (QED) is 0.391. The molecule has 0 saturated carbocycles. The molecule has 5 rings (SSSR count). The summed E-state index contributed by atoms with van der Waals surface area (Å²) in [5, 5.41) is 4.90. The van der Waals surface area contributed by atoms with Gasteiger partial charge >= 0.3 is 0 Å². The van der Waals surface area contributed by atoms with E-state index in [-0.39, 0.29) is 12.1 Å². The van der Waals surface area contributed by atoms with Gasteiger partial charge < -0.3 is 14.8 Å². The molecule has 31 heavy (non-hydrogen) atoms. The van der Waals surface area contributed by atoms with E-state index in [0.29, 0.717) is 10.1 Å². The Bertz CT molecular complexity index is 1220. The van der Waals surface area contributed by atoms with Crippen molar-refractivity contribution in [2.45, 2.75) is 19.0 Å². The van der Waals surface area contributed by atoms with Crippen molar-refractivity contribution < 1.29 is 0 Å². The highest BCUT2D eigenvalue weighted by atomic mass is 35.5. The average Bonchev–Trinajstić information content (AvgIpc) is 3.39. The molecular weight excluding hydrogens is 424 g/mol. The van der Waals surface area contributed by atoms with Crippen molar-refractivity contribution in [2.75, 3.05) is 4.90 Å². The van der Waals surface area contributed by atoms with Crippen LogP contribution in [0, 0.1) is 6.92 Å². The van der Waals surface area contributed by atoms with Crippen molar-refractivity contribution in [3.8, 4) is 5.69 Å². The van der Waals surface area contributed by atoms with Gasteiger partial charge in [0.05, 0.1) is 11.7 Å². The maximum atomic E-state index is 6.29. The molecule has 3 heterocycles. The highest BCUT2D eigenvalue weighted by Crippen LogP contribution is 2.42. The van der Waals surface area contributed by atoms with Crippen LogP contribution in [0.2, 0.25) is 5.02 Å². The molecule has 0 spiro atoms. The van der Waals surface area contributed by atoms with Crippen LogP contribution in [0.1, 0.15) is 29.0 Å². The molecule has 6 heteroatoms. The van der Waals surface area contributed by atoms with Crippen LogP contribution in [0.25, 0.3) is 5.69 Å². The SMILES string of the molecule is Cc1ccc(N2C(=S)N[C@H](c3ccccn3)[C@@H]2c2cccn2-c2cccc(Cl)c2)cc1. The number of hydrogen-bond acceptors (Lipinski definition) is 2. The number of aromatic nitrogens is 2. The molecule has 1 fully saturated rings. The molecule has 0 amide bonds. The maximum Gasteiger partial charge on any atom is 0.174 e. The summed E-state index contributed by atoms with van der Waals surface area (Å²) in [6.45, 7) is 2.09. The highest BCUT2D eigenvalue weighted by molar-refractivity contribution is 7.80. The summed E-state index contributed by atoms with van der Waals surface area (Å²) in [7, 11) is 0. The second-order valence-corrected chi connectivity index (χ2v) is 8.44. The molecule has 1 N–H and O–H groups in total. The number of halogens is 1. The first-order valence-corrected chi connectivity index (χ1v) is 10.9. The summed E-state index contributed by atoms with van der Waals surface area (Å²) >= 11 is 12.1. The van der Waals surface area contributed by atoms with E-state index in [9.17, 15) is 0 Å². The number of anilines is 1. The summed E-state index contributed by atoms with van der Waals surface area (Å²) in [5.74, 6) is 0.